The predicted molar refractivity (Wildman–Crippen MR) is 85.7 cm³/mol. The van der Waals surface area contributed by atoms with Gasteiger partial charge in [0.05, 0.1) is 0 Å². The average molecular weight is 294 g/mol. The fraction of sp³-hybridized carbons (Fsp3) is 0.625. The van der Waals surface area contributed by atoms with E-state index in [-0.39, 0.29) is 0 Å². The largest absolute Gasteiger partial charge is 0.369 e. The summed E-state index contributed by atoms with van der Waals surface area (Å²) in [5.74, 6) is 0. The zero-order chi connectivity index (χ0) is 14.1. The number of nitrogens with zero attached hydrogens (tertiary/aromatic N) is 2. The van der Waals surface area contributed by atoms with E-state index in [1.807, 2.05) is 7.05 Å². The summed E-state index contributed by atoms with van der Waals surface area (Å²) >= 11 is 6.43. The summed E-state index contributed by atoms with van der Waals surface area (Å²) in [5.41, 5.74) is 2.44. The summed E-state index contributed by atoms with van der Waals surface area (Å²) in [4.78, 5) is 5.09. The van der Waals surface area contributed by atoms with E-state index >= 15 is 0 Å². The Labute approximate surface area is 126 Å². The van der Waals surface area contributed by atoms with Crippen LogP contribution in [0.3, 0.4) is 0 Å². The number of halogens is 1. The molecule has 1 heterocycles. The molecule has 110 valence electrons. The summed E-state index contributed by atoms with van der Waals surface area (Å²) < 4.78 is 0. The zero-order valence-electron chi connectivity index (χ0n) is 12.4. The van der Waals surface area contributed by atoms with Crippen LogP contribution in [0.2, 0.25) is 5.02 Å². The smallest absolute Gasteiger partial charge is 0.0474 e. The lowest BCUT2D eigenvalue weighted by Crippen LogP contribution is -2.47. The molecule has 0 radical (unpaired) electrons. The van der Waals surface area contributed by atoms with Crippen LogP contribution >= 0.6 is 11.6 Å². The fourth-order valence-electron chi connectivity index (χ4n) is 3.00. The number of anilines is 1. The number of nitrogens with one attached hydrogen (secondary N) is 1. The van der Waals surface area contributed by atoms with Gasteiger partial charge in [-0.15, -0.1) is 0 Å². The molecule has 1 aromatic rings. The monoisotopic (exact) mass is 293 g/mol. The van der Waals surface area contributed by atoms with Crippen LogP contribution in [0.1, 0.15) is 31.4 Å². The molecule has 1 aliphatic carbocycles. The van der Waals surface area contributed by atoms with Crippen molar-refractivity contribution in [1.29, 1.82) is 0 Å². The van der Waals surface area contributed by atoms with Gasteiger partial charge in [-0.25, -0.2) is 0 Å². The average Bonchev–Trinajstić information content (AvgIpc) is 3.31. The maximum atomic E-state index is 6.43. The molecule has 1 aliphatic heterocycles. The van der Waals surface area contributed by atoms with Gasteiger partial charge in [0.25, 0.3) is 0 Å². The molecule has 1 saturated heterocycles. The number of hydrogen-bond acceptors (Lipinski definition) is 3. The van der Waals surface area contributed by atoms with E-state index in [0.717, 1.165) is 24.2 Å². The number of hydrogen-bond donors (Lipinski definition) is 1. The zero-order valence-corrected chi connectivity index (χ0v) is 13.2. The molecule has 4 heteroatoms. The second-order valence-electron chi connectivity index (χ2n) is 5.97. The molecule has 3 nitrogen and oxygen atoms in total. The van der Waals surface area contributed by atoms with Gasteiger partial charge in [-0.05, 0) is 44.5 Å². The second kappa shape index (κ2) is 5.92. The first kappa shape index (κ1) is 14.2. The Balaban J connectivity index is 1.67. The second-order valence-corrected chi connectivity index (χ2v) is 6.38. The molecule has 1 saturated carbocycles. The standard InChI is InChI=1S/C16H24ClN3/c1-12(18-2)15-6-5-14(11-16(15)17)20-9-7-19(8-10-20)13-3-4-13/h5-6,11-13,18H,3-4,7-10H2,1-2H3. The minimum atomic E-state index is 0.295. The van der Waals surface area contributed by atoms with Gasteiger partial charge < -0.3 is 10.2 Å². The Morgan fingerprint density at radius 2 is 1.90 bits per heavy atom. The summed E-state index contributed by atoms with van der Waals surface area (Å²) in [5, 5.41) is 4.11. The van der Waals surface area contributed by atoms with Crippen LogP contribution < -0.4 is 10.2 Å². The lowest BCUT2D eigenvalue weighted by Gasteiger charge is -2.36. The molecular weight excluding hydrogens is 270 g/mol. The van der Waals surface area contributed by atoms with E-state index in [0.29, 0.717) is 6.04 Å². The maximum absolute atomic E-state index is 6.43. The Bertz CT molecular complexity index is 465. The molecule has 1 aromatic carbocycles. The van der Waals surface area contributed by atoms with Gasteiger partial charge in [-0.3, -0.25) is 4.90 Å². The van der Waals surface area contributed by atoms with Crippen molar-refractivity contribution in [3.8, 4) is 0 Å². The van der Waals surface area contributed by atoms with Crippen LogP contribution in [0, 0.1) is 0 Å². The van der Waals surface area contributed by atoms with Gasteiger partial charge in [-0.2, -0.15) is 0 Å². The fourth-order valence-corrected chi connectivity index (χ4v) is 3.34. The highest BCUT2D eigenvalue weighted by Crippen LogP contribution is 2.31. The Morgan fingerprint density at radius 3 is 2.45 bits per heavy atom. The first-order valence-corrected chi connectivity index (χ1v) is 8.02. The molecule has 2 aliphatic rings. The third-order valence-corrected chi connectivity index (χ3v) is 4.95. The highest BCUT2D eigenvalue weighted by molar-refractivity contribution is 6.31. The number of rotatable bonds is 4. The van der Waals surface area contributed by atoms with E-state index in [9.17, 15) is 0 Å². The van der Waals surface area contributed by atoms with Crippen LogP contribution in [0.15, 0.2) is 18.2 Å². The van der Waals surface area contributed by atoms with Crippen molar-refractivity contribution in [2.75, 3.05) is 38.1 Å². The van der Waals surface area contributed by atoms with E-state index in [2.05, 4.69) is 40.2 Å². The van der Waals surface area contributed by atoms with Gasteiger partial charge in [0.2, 0.25) is 0 Å². The van der Waals surface area contributed by atoms with Crippen LogP contribution in [0.4, 0.5) is 5.69 Å². The van der Waals surface area contributed by atoms with Gasteiger partial charge in [0.1, 0.15) is 0 Å². The van der Waals surface area contributed by atoms with Gasteiger partial charge in [-0.1, -0.05) is 17.7 Å². The Hall–Kier alpha value is -0.770. The Kier molecular flexibility index (Phi) is 4.20. The van der Waals surface area contributed by atoms with Crippen LogP contribution in [0.25, 0.3) is 0 Å². The highest BCUT2D eigenvalue weighted by atomic mass is 35.5. The quantitative estimate of drug-likeness (QED) is 0.921. The molecule has 0 bridgehead atoms. The van der Waals surface area contributed by atoms with Crippen molar-refractivity contribution in [1.82, 2.24) is 10.2 Å². The van der Waals surface area contributed by atoms with E-state index in [4.69, 9.17) is 11.6 Å². The topological polar surface area (TPSA) is 18.5 Å². The summed E-state index contributed by atoms with van der Waals surface area (Å²) in [6.45, 7) is 6.75. The van der Waals surface area contributed by atoms with E-state index in [1.165, 1.54) is 37.2 Å². The maximum Gasteiger partial charge on any atom is 0.0474 e. The third kappa shape index (κ3) is 2.95. The summed E-state index contributed by atoms with van der Waals surface area (Å²) in [6, 6.07) is 7.67. The van der Waals surface area contributed by atoms with Crippen LogP contribution in [-0.4, -0.2) is 44.2 Å². The molecule has 1 unspecified atom stereocenters. The van der Waals surface area contributed by atoms with Crippen molar-refractivity contribution in [2.24, 2.45) is 0 Å². The molecule has 0 spiro atoms. The van der Waals surface area contributed by atoms with Crippen molar-refractivity contribution < 1.29 is 0 Å². The summed E-state index contributed by atoms with van der Waals surface area (Å²) in [6.07, 6.45) is 2.81. The first-order valence-electron chi connectivity index (χ1n) is 7.64. The molecular formula is C16H24ClN3. The van der Waals surface area contributed by atoms with Crippen molar-refractivity contribution >= 4 is 17.3 Å². The number of benzene rings is 1. The lowest BCUT2D eigenvalue weighted by atomic mass is 10.1. The van der Waals surface area contributed by atoms with Crippen molar-refractivity contribution in [3.63, 3.8) is 0 Å². The third-order valence-electron chi connectivity index (χ3n) is 4.63. The molecule has 1 atom stereocenters. The SMILES string of the molecule is CNC(C)c1ccc(N2CCN(C3CC3)CC2)cc1Cl. The molecule has 0 amide bonds. The van der Waals surface area contributed by atoms with Crippen molar-refractivity contribution in [2.45, 2.75) is 31.8 Å². The molecule has 1 N–H and O–H groups in total. The van der Waals surface area contributed by atoms with Crippen LogP contribution in [-0.2, 0) is 0 Å². The molecule has 3 rings (SSSR count). The van der Waals surface area contributed by atoms with E-state index < -0.39 is 0 Å². The van der Waals surface area contributed by atoms with Crippen LogP contribution in [0.5, 0.6) is 0 Å². The number of piperazine rings is 1. The molecule has 0 aromatic heterocycles. The lowest BCUT2D eigenvalue weighted by molar-refractivity contribution is 0.248. The van der Waals surface area contributed by atoms with Gasteiger partial charge in [0, 0.05) is 49.0 Å². The van der Waals surface area contributed by atoms with E-state index in [1.54, 1.807) is 0 Å². The molecule has 2 fully saturated rings. The minimum absolute atomic E-state index is 0.295. The molecule has 20 heavy (non-hydrogen) atoms. The first-order chi connectivity index (χ1) is 9.69. The predicted octanol–water partition coefficient (Wildman–Crippen LogP) is 2.90. The normalized spacial score (nSPS) is 22.1. The van der Waals surface area contributed by atoms with Gasteiger partial charge in [0.15, 0.2) is 0 Å². The Morgan fingerprint density at radius 1 is 1.20 bits per heavy atom. The minimum Gasteiger partial charge on any atom is -0.369 e. The summed E-state index contributed by atoms with van der Waals surface area (Å²) in [7, 11) is 1.96. The highest BCUT2D eigenvalue weighted by Gasteiger charge is 2.31. The van der Waals surface area contributed by atoms with Crippen molar-refractivity contribution in [3.05, 3.63) is 28.8 Å². The van der Waals surface area contributed by atoms with Gasteiger partial charge >= 0.3 is 0 Å².